The van der Waals surface area contributed by atoms with Crippen LogP contribution in [0.1, 0.15) is 30.0 Å². The molecule has 0 fully saturated rings. The number of rotatable bonds is 3. The number of carbonyl (C=O) groups is 1. The van der Waals surface area contributed by atoms with Crippen LogP contribution in [-0.2, 0) is 17.6 Å². The molecule has 2 aromatic rings. The van der Waals surface area contributed by atoms with Gasteiger partial charge in [-0.05, 0) is 47.6 Å². The molecule has 0 amide bonds. The normalized spacial score (nSPS) is 12.1. The molecule has 0 bridgehead atoms. The monoisotopic (exact) mass is 236 g/mol. The lowest BCUT2D eigenvalue weighted by molar-refractivity contribution is -0.116. The molecule has 90 valence electrons. The summed E-state index contributed by atoms with van der Waals surface area (Å²) in [5, 5.41) is 0. The number of fused-ring (bicyclic) bond motifs is 3. The van der Waals surface area contributed by atoms with Crippen LogP contribution in [0.4, 0.5) is 0 Å². The van der Waals surface area contributed by atoms with E-state index in [1.807, 2.05) is 0 Å². The van der Waals surface area contributed by atoms with Crippen LogP contribution in [0.5, 0.6) is 0 Å². The van der Waals surface area contributed by atoms with E-state index < -0.39 is 0 Å². The third kappa shape index (κ3) is 1.97. The number of benzene rings is 2. The van der Waals surface area contributed by atoms with Crippen molar-refractivity contribution in [2.24, 2.45) is 0 Å². The van der Waals surface area contributed by atoms with Crippen LogP contribution in [-0.4, -0.2) is 5.78 Å². The standard InChI is InChI=1S/C17H16O/c1-12(18)6-7-13-8-9-17-15(10-13)11-14-4-2-3-5-16(14)17/h2-5,8-10H,6-7,11H2,1H3. The lowest BCUT2D eigenvalue weighted by Crippen LogP contribution is -1.94. The average molecular weight is 236 g/mol. The van der Waals surface area contributed by atoms with Crippen LogP contribution in [0.2, 0.25) is 0 Å². The van der Waals surface area contributed by atoms with Gasteiger partial charge in [-0.15, -0.1) is 0 Å². The molecule has 0 N–H and O–H groups in total. The van der Waals surface area contributed by atoms with Crippen LogP contribution in [0.3, 0.4) is 0 Å². The van der Waals surface area contributed by atoms with E-state index in [-0.39, 0.29) is 5.78 Å². The van der Waals surface area contributed by atoms with Gasteiger partial charge in [0.25, 0.3) is 0 Å². The molecule has 0 radical (unpaired) electrons. The summed E-state index contributed by atoms with van der Waals surface area (Å²) in [6.07, 6.45) is 2.53. The van der Waals surface area contributed by atoms with Crippen LogP contribution in [0, 0.1) is 0 Å². The second kappa shape index (κ2) is 4.41. The van der Waals surface area contributed by atoms with E-state index in [1.54, 1.807) is 6.92 Å². The maximum atomic E-state index is 11.0. The molecular weight excluding hydrogens is 220 g/mol. The van der Waals surface area contributed by atoms with Crippen molar-refractivity contribution in [3.63, 3.8) is 0 Å². The molecule has 1 nitrogen and oxygen atoms in total. The van der Waals surface area contributed by atoms with Gasteiger partial charge in [0.05, 0.1) is 0 Å². The first-order chi connectivity index (χ1) is 8.74. The first-order valence-corrected chi connectivity index (χ1v) is 6.43. The molecule has 0 saturated heterocycles. The van der Waals surface area contributed by atoms with Crippen molar-refractivity contribution in [2.75, 3.05) is 0 Å². The van der Waals surface area contributed by atoms with Gasteiger partial charge in [0.2, 0.25) is 0 Å². The number of hydrogen-bond acceptors (Lipinski definition) is 1. The van der Waals surface area contributed by atoms with E-state index in [9.17, 15) is 4.79 Å². The highest BCUT2D eigenvalue weighted by Gasteiger charge is 2.17. The molecule has 0 unspecified atom stereocenters. The minimum absolute atomic E-state index is 0.263. The van der Waals surface area contributed by atoms with Crippen LogP contribution in [0.25, 0.3) is 11.1 Å². The summed E-state index contributed by atoms with van der Waals surface area (Å²) in [6.45, 7) is 1.66. The first kappa shape index (κ1) is 11.2. The maximum absolute atomic E-state index is 11.0. The molecule has 0 spiro atoms. The minimum Gasteiger partial charge on any atom is -0.300 e. The average Bonchev–Trinajstić information content (AvgIpc) is 2.73. The third-order valence-corrected chi connectivity index (χ3v) is 3.62. The quantitative estimate of drug-likeness (QED) is 0.676. The van der Waals surface area contributed by atoms with Gasteiger partial charge in [-0.2, -0.15) is 0 Å². The molecule has 2 aromatic carbocycles. The fraction of sp³-hybridized carbons (Fsp3) is 0.235. The Labute approximate surface area is 107 Å². The van der Waals surface area contributed by atoms with E-state index >= 15 is 0 Å². The maximum Gasteiger partial charge on any atom is 0.130 e. The lowest BCUT2D eigenvalue weighted by Gasteiger charge is -2.04. The second-order valence-electron chi connectivity index (χ2n) is 5.03. The highest BCUT2D eigenvalue weighted by Crippen LogP contribution is 2.36. The van der Waals surface area contributed by atoms with Crippen LogP contribution < -0.4 is 0 Å². The minimum atomic E-state index is 0.263. The summed E-state index contributed by atoms with van der Waals surface area (Å²) in [5.41, 5.74) is 6.81. The van der Waals surface area contributed by atoms with E-state index in [1.165, 1.54) is 27.8 Å². The molecular formula is C17H16O. The zero-order valence-electron chi connectivity index (χ0n) is 10.6. The van der Waals surface area contributed by atoms with E-state index in [0.717, 1.165) is 12.8 Å². The van der Waals surface area contributed by atoms with Gasteiger partial charge < -0.3 is 4.79 Å². The van der Waals surface area contributed by atoms with Gasteiger partial charge in [0.15, 0.2) is 0 Å². The Morgan fingerprint density at radius 2 is 1.83 bits per heavy atom. The third-order valence-electron chi connectivity index (χ3n) is 3.62. The van der Waals surface area contributed by atoms with Gasteiger partial charge in [-0.3, -0.25) is 0 Å². The van der Waals surface area contributed by atoms with E-state index in [2.05, 4.69) is 42.5 Å². The molecule has 3 rings (SSSR count). The summed E-state index contributed by atoms with van der Waals surface area (Å²) in [5.74, 6) is 0.263. The summed E-state index contributed by atoms with van der Waals surface area (Å²) in [7, 11) is 0. The van der Waals surface area contributed by atoms with Gasteiger partial charge in [0.1, 0.15) is 5.78 Å². The van der Waals surface area contributed by atoms with Crippen molar-refractivity contribution in [3.05, 3.63) is 59.2 Å². The second-order valence-corrected chi connectivity index (χ2v) is 5.03. The molecule has 1 aliphatic carbocycles. The predicted molar refractivity (Wildman–Crippen MR) is 73.7 cm³/mol. The van der Waals surface area contributed by atoms with Crippen LogP contribution in [0.15, 0.2) is 42.5 Å². The Balaban J connectivity index is 1.91. The van der Waals surface area contributed by atoms with Crippen molar-refractivity contribution in [1.29, 1.82) is 0 Å². The van der Waals surface area contributed by atoms with E-state index in [0.29, 0.717) is 6.42 Å². The molecule has 0 aliphatic heterocycles. The number of aryl methyl sites for hydroxylation is 1. The topological polar surface area (TPSA) is 17.1 Å². The van der Waals surface area contributed by atoms with Crippen molar-refractivity contribution in [1.82, 2.24) is 0 Å². The smallest absolute Gasteiger partial charge is 0.130 e. The number of Topliss-reactive ketones (excluding diaryl/α,β-unsaturated/α-hetero) is 1. The molecule has 0 aromatic heterocycles. The Hall–Kier alpha value is -1.89. The van der Waals surface area contributed by atoms with Gasteiger partial charge >= 0.3 is 0 Å². The lowest BCUT2D eigenvalue weighted by atomic mass is 10.0. The first-order valence-electron chi connectivity index (χ1n) is 6.43. The summed E-state index contributed by atoms with van der Waals surface area (Å²) in [4.78, 5) is 11.0. The van der Waals surface area contributed by atoms with Gasteiger partial charge in [0, 0.05) is 6.42 Å². The van der Waals surface area contributed by atoms with Crippen molar-refractivity contribution < 1.29 is 4.79 Å². The number of ketones is 1. The van der Waals surface area contributed by atoms with Crippen molar-refractivity contribution >= 4 is 5.78 Å². The van der Waals surface area contributed by atoms with Gasteiger partial charge in [-0.25, -0.2) is 0 Å². The number of carbonyl (C=O) groups excluding carboxylic acids is 1. The van der Waals surface area contributed by atoms with Gasteiger partial charge in [-0.1, -0.05) is 42.5 Å². The fourth-order valence-electron chi connectivity index (χ4n) is 2.67. The molecule has 1 aliphatic rings. The summed E-state index contributed by atoms with van der Waals surface area (Å²) < 4.78 is 0. The molecule has 0 heterocycles. The molecule has 18 heavy (non-hydrogen) atoms. The summed E-state index contributed by atoms with van der Waals surface area (Å²) >= 11 is 0. The Morgan fingerprint density at radius 3 is 2.67 bits per heavy atom. The Bertz CT molecular complexity index is 611. The zero-order chi connectivity index (χ0) is 12.5. The zero-order valence-corrected chi connectivity index (χ0v) is 10.6. The Kier molecular flexibility index (Phi) is 2.75. The predicted octanol–water partition coefficient (Wildman–Crippen LogP) is 3.78. The molecule has 0 atom stereocenters. The van der Waals surface area contributed by atoms with Crippen molar-refractivity contribution in [2.45, 2.75) is 26.2 Å². The molecule has 1 heteroatoms. The van der Waals surface area contributed by atoms with Crippen LogP contribution >= 0.6 is 0 Å². The van der Waals surface area contributed by atoms with E-state index in [4.69, 9.17) is 0 Å². The fourth-order valence-corrected chi connectivity index (χ4v) is 2.67. The summed E-state index contributed by atoms with van der Waals surface area (Å²) in [6, 6.07) is 15.2. The number of hydrogen-bond donors (Lipinski definition) is 0. The SMILES string of the molecule is CC(=O)CCc1ccc2c(c1)Cc1ccccc1-2. The largest absolute Gasteiger partial charge is 0.300 e. The molecule has 0 saturated carbocycles. The highest BCUT2D eigenvalue weighted by atomic mass is 16.1. The Morgan fingerprint density at radius 1 is 1.06 bits per heavy atom. The highest BCUT2D eigenvalue weighted by molar-refractivity contribution is 5.77. The van der Waals surface area contributed by atoms with Crippen molar-refractivity contribution in [3.8, 4) is 11.1 Å².